The van der Waals surface area contributed by atoms with Gasteiger partial charge in [0.15, 0.2) is 5.96 Å². The Labute approximate surface area is 160 Å². The second kappa shape index (κ2) is 10.6. The molecular formula is C19H25FN4O2S. The fourth-order valence-electron chi connectivity index (χ4n) is 2.39. The molecule has 2 aromatic rings. The number of nitrogens with zero attached hydrogens (tertiary/aromatic N) is 1. The summed E-state index contributed by atoms with van der Waals surface area (Å²) in [5, 5.41) is 6.20. The molecule has 0 aliphatic carbocycles. The van der Waals surface area contributed by atoms with E-state index in [4.69, 9.17) is 0 Å². The molecule has 2 aromatic carbocycles. The highest BCUT2D eigenvalue weighted by atomic mass is 32.2. The van der Waals surface area contributed by atoms with Crippen LogP contribution in [0.4, 0.5) is 4.39 Å². The zero-order chi connectivity index (χ0) is 19.5. The summed E-state index contributed by atoms with van der Waals surface area (Å²) >= 11 is 0. The third-order valence-electron chi connectivity index (χ3n) is 3.72. The second-order valence-corrected chi connectivity index (χ2v) is 7.51. The zero-order valence-corrected chi connectivity index (χ0v) is 16.1. The van der Waals surface area contributed by atoms with Gasteiger partial charge in [0.2, 0.25) is 10.0 Å². The first kappa shape index (κ1) is 20.9. The summed E-state index contributed by atoms with van der Waals surface area (Å²) in [6.07, 6.45) is 0.526. The van der Waals surface area contributed by atoms with Crippen molar-refractivity contribution in [1.29, 1.82) is 0 Å². The molecule has 0 unspecified atom stereocenters. The molecule has 0 heterocycles. The van der Waals surface area contributed by atoms with Crippen molar-refractivity contribution in [2.75, 3.05) is 26.2 Å². The van der Waals surface area contributed by atoms with E-state index in [2.05, 4.69) is 20.3 Å². The van der Waals surface area contributed by atoms with E-state index in [9.17, 15) is 12.8 Å². The molecule has 0 bridgehead atoms. The zero-order valence-electron chi connectivity index (χ0n) is 15.3. The van der Waals surface area contributed by atoms with Gasteiger partial charge in [-0.1, -0.05) is 36.4 Å². The highest BCUT2D eigenvalue weighted by Gasteiger charge is 2.11. The Kier molecular flexibility index (Phi) is 8.22. The van der Waals surface area contributed by atoms with E-state index in [1.807, 2.05) is 6.92 Å². The van der Waals surface area contributed by atoms with Crippen LogP contribution in [0.1, 0.15) is 12.5 Å². The van der Waals surface area contributed by atoms with Crippen LogP contribution in [0.15, 0.2) is 64.5 Å². The topological polar surface area (TPSA) is 82.6 Å². The van der Waals surface area contributed by atoms with Crippen molar-refractivity contribution in [3.63, 3.8) is 0 Å². The smallest absolute Gasteiger partial charge is 0.240 e. The Hall–Kier alpha value is -2.45. The average molecular weight is 393 g/mol. The van der Waals surface area contributed by atoms with Crippen LogP contribution in [0.2, 0.25) is 0 Å². The summed E-state index contributed by atoms with van der Waals surface area (Å²) in [7, 11) is -3.53. The number of sulfonamides is 1. The Morgan fingerprint density at radius 3 is 2.41 bits per heavy atom. The van der Waals surface area contributed by atoms with Crippen molar-refractivity contribution < 1.29 is 12.8 Å². The van der Waals surface area contributed by atoms with E-state index < -0.39 is 10.0 Å². The molecular weight excluding hydrogens is 367 g/mol. The van der Waals surface area contributed by atoms with Crippen molar-refractivity contribution in [2.45, 2.75) is 18.2 Å². The molecule has 0 aliphatic rings. The third kappa shape index (κ3) is 6.99. The third-order valence-corrected chi connectivity index (χ3v) is 5.19. The highest BCUT2D eigenvalue weighted by molar-refractivity contribution is 7.89. The lowest BCUT2D eigenvalue weighted by Gasteiger charge is -2.12. The number of aliphatic imine (C=N–C) groups is 1. The van der Waals surface area contributed by atoms with Gasteiger partial charge in [-0.3, -0.25) is 4.99 Å². The van der Waals surface area contributed by atoms with Crippen LogP contribution >= 0.6 is 0 Å². The lowest BCUT2D eigenvalue weighted by Crippen LogP contribution is -2.39. The minimum absolute atomic E-state index is 0.182. The average Bonchev–Trinajstić information content (AvgIpc) is 2.67. The van der Waals surface area contributed by atoms with Crippen molar-refractivity contribution in [3.05, 3.63) is 66.0 Å². The summed E-state index contributed by atoms with van der Waals surface area (Å²) in [6.45, 7) is 3.58. The molecule has 0 aliphatic heterocycles. The minimum Gasteiger partial charge on any atom is -0.357 e. The molecule has 8 heteroatoms. The first-order chi connectivity index (χ1) is 13.0. The van der Waals surface area contributed by atoms with Crippen LogP contribution in [0.25, 0.3) is 0 Å². The monoisotopic (exact) mass is 392 g/mol. The first-order valence-corrected chi connectivity index (χ1v) is 10.3. The van der Waals surface area contributed by atoms with Crippen molar-refractivity contribution in [3.8, 4) is 0 Å². The standard InChI is InChI=1S/C19H25FN4O2S/c1-2-21-19(22-13-12-16-8-6-7-11-18(16)20)23-14-15-24-27(25,26)17-9-4-3-5-10-17/h3-11,24H,2,12-15H2,1H3,(H2,21,22,23). The van der Waals surface area contributed by atoms with E-state index in [1.54, 1.807) is 48.5 Å². The van der Waals surface area contributed by atoms with Gasteiger partial charge in [-0.15, -0.1) is 0 Å². The maximum Gasteiger partial charge on any atom is 0.240 e. The summed E-state index contributed by atoms with van der Waals surface area (Å²) in [5.74, 6) is 0.337. The Morgan fingerprint density at radius 1 is 1.00 bits per heavy atom. The molecule has 0 saturated carbocycles. The van der Waals surface area contributed by atoms with E-state index in [1.165, 1.54) is 6.07 Å². The number of hydrogen-bond acceptors (Lipinski definition) is 3. The predicted molar refractivity (Wildman–Crippen MR) is 106 cm³/mol. The van der Waals surface area contributed by atoms with Crippen LogP contribution in [0.3, 0.4) is 0 Å². The van der Waals surface area contributed by atoms with Gasteiger partial charge in [-0.05, 0) is 37.1 Å². The molecule has 0 radical (unpaired) electrons. The number of guanidine groups is 1. The molecule has 0 atom stereocenters. The maximum atomic E-state index is 13.6. The second-order valence-electron chi connectivity index (χ2n) is 5.74. The molecule has 2 rings (SSSR count). The van der Waals surface area contributed by atoms with Gasteiger partial charge in [0, 0.05) is 19.6 Å². The number of benzene rings is 2. The fraction of sp³-hybridized carbons (Fsp3) is 0.316. The Bertz CT molecular complexity index is 842. The number of rotatable bonds is 9. The van der Waals surface area contributed by atoms with Crippen LogP contribution < -0.4 is 15.4 Å². The molecule has 0 fully saturated rings. The fourth-order valence-corrected chi connectivity index (χ4v) is 3.43. The lowest BCUT2D eigenvalue weighted by molar-refractivity contribution is 0.582. The Balaban J connectivity index is 1.82. The van der Waals surface area contributed by atoms with Gasteiger partial charge in [-0.2, -0.15) is 0 Å². The SMILES string of the molecule is CCNC(=NCCNS(=O)(=O)c1ccccc1)NCCc1ccccc1F. The Morgan fingerprint density at radius 2 is 1.70 bits per heavy atom. The minimum atomic E-state index is -3.53. The van der Waals surface area contributed by atoms with Gasteiger partial charge >= 0.3 is 0 Å². The molecule has 27 heavy (non-hydrogen) atoms. The maximum absolute atomic E-state index is 13.6. The normalized spacial score (nSPS) is 12.0. The molecule has 3 N–H and O–H groups in total. The van der Waals surface area contributed by atoms with Gasteiger partial charge in [0.25, 0.3) is 0 Å². The first-order valence-electron chi connectivity index (χ1n) is 8.83. The van der Waals surface area contributed by atoms with E-state index in [-0.39, 0.29) is 23.8 Å². The van der Waals surface area contributed by atoms with Crippen molar-refractivity contribution >= 4 is 16.0 Å². The van der Waals surface area contributed by atoms with Gasteiger partial charge < -0.3 is 10.6 Å². The van der Waals surface area contributed by atoms with Crippen LogP contribution in [-0.4, -0.2) is 40.6 Å². The summed E-state index contributed by atoms with van der Waals surface area (Å²) in [4.78, 5) is 4.56. The van der Waals surface area contributed by atoms with Crippen LogP contribution in [-0.2, 0) is 16.4 Å². The molecule has 0 amide bonds. The summed E-state index contributed by atoms with van der Waals surface area (Å²) in [5.41, 5.74) is 0.636. The summed E-state index contributed by atoms with van der Waals surface area (Å²) in [6, 6.07) is 14.8. The van der Waals surface area contributed by atoms with Crippen LogP contribution in [0.5, 0.6) is 0 Å². The largest absolute Gasteiger partial charge is 0.357 e. The van der Waals surface area contributed by atoms with Crippen molar-refractivity contribution in [1.82, 2.24) is 15.4 Å². The molecule has 146 valence electrons. The molecule has 0 saturated heterocycles. The predicted octanol–water partition coefficient (Wildman–Crippen LogP) is 1.90. The van der Waals surface area contributed by atoms with Gasteiger partial charge in [0.1, 0.15) is 5.82 Å². The summed E-state index contributed by atoms with van der Waals surface area (Å²) < 4.78 is 40.4. The molecule has 0 spiro atoms. The van der Waals surface area contributed by atoms with E-state index in [0.29, 0.717) is 31.0 Å². The lowest BCUT2D eigenvalue weighted by atomic mass is 10.1. The number of hydrogen-bond donors (Lipinski definition) is 3. The van der Waals surface area contributed by atoms with E-state index in [0.717, 1.165) is 0 Å². The quantitative estimate of drug-likeness (QED) is 0.346. The van der Waals surface area contributed by atoms with Crippen LogP contribution in [0, 0.1) is 5.82 Å². The van der Waals surface area contributed by atoms with Gasteiger partial charge in [-0.25, -0.2) is 17.5 Å². The van der Waals surface area contributed by atoms with E-state index >= 15 is 0 Å². The van der Waals surface area contributed by atoms with Crippen molar-refractivity contribution in [2.24, 2.45) is 4.99 Å². The number of halogens is 1. The highest BCUT2D eigenvalue weighted by Crippen LogP contribution is 2.07. The molecule has 0 aromatic heterocycles. The van der Waals surface area contributed by atoms with Gasteiger partial charge in [0.05, 0.1) is 11.4 Å². The molecule has 6 nitrogen and oxygen atoms in total. The number of nitrogens with one attached hydrogen (secondary N) is 3.